The minimum atomic E-state index is -1.26. The molecule has 0 saturated heterocycles. The maximum atomic E-state index is 13.2. The number of aliphatic carboxylic acids is 1. The quantitative estimate of drug-likeness (QED) is 0.657. The number of carbonyl (C=O) groups is 2. The molecule has 0 amide bonds. The predicted molar refractivity (Wildman–Crippen MR) is 57.3 cm³/mol. The maximum Gasteiger partial charge on any atom is 0.314 e. The van der Waals surface area contributed by atoms with Crippen LogP contribution in [0.5, 0.6) is 0 Å². The van der Waals surface area contributed by atoms with Gasteiger partial charge >= 0.3 is 5.97 Å². The van der Waals surface area contributed by atoms with Gasteiger partial charge in [0.1, 0.15) is 11.7 Å². The lowest BCUT2D eigenvalue weighted by Crippen LogP contribution is -2.21. The van der Waals surface area contributed by atoms with Gasteiger partial charge in [0.2, 0.25) is 0 Å². The number of carbonyl (C=O) groups excluding carboxylic acids is 1. The molecule has 1 rings (SSSR count). The second-order valence-corrected chi connectivity index (χ2v) is 3.91. The normalized spacial score (nSPS) is 12.2. The van der Waals surface area contributed by atoms with E-state index in [1.54, 1.807) is 0 Å². The van der Waals surface area contributed by atoms with E-state index in [9.17, 15) is 14.0 Å². The Hall–Kier alpha value is -1.42. The molecule has 0 radical (unpaired) electrons. The Balaban J connectivity index is 3.19. The van der Waals surface area contributed by atoms with Crippen LogP contribution in [0.4, 0.5) is 4.39 Å². The molecule has 0 aromatic heterocycles. The Morgan fingerprint density at radius 1 is 1.44 bits per heavy atom. The zero-order valence-corrected chi connectivity index (χ0v) is 9.51. The van der Waals surface area contributed by atoms with Crippen molar-refractivity contribution in [1.82, 2.24) is 0 Å². The summed E-state index contributed by atoms with van der Waals surface area (Å²) in [6, 6.07) is 2.28. The summed E-state index contributed by atoms with van der Waals surface area (Å²) in [6.07, 6.45) is 0. The SMILES string of the molecule is Cc1cc(Cl)c(C(=O)C(C)C(=O)O)cc1F. The second kappa shape index (κ2) is 4.61. The van der Waals surface area contributed by atoms with Crippen molar-refractivity contribution in [3.8, 4) is 0 Å². The third-order valence-electron chi connectivity index (χ3n) is 2.28. The molecular formula is C11H10ClFO3. The lowest BCUT2D eigenvalue weighted by atomic mass is 9.98. The summed E-state index contributed by atoms with van der Waals surface area (Å²) in [5, 5.41) is 8.74. The summed E-state index contributed by atoms with van der Waals surface area (Å²) in [7, 11) is 0. The van der Waals surface area contributed by atoms with Crippen LogP contribution in [0.15, 0.2) is 12.1 Å². The van der Waals surface area contributed by atoms with Crippen LogP contribution in [0.2, 0.25) is 5.02 Å². The van der Waals surface area contributed by atoms with Crippen LogP contribution in [0.1, 0.15) is 22.8 Å². The molecule has 0 aliphatic carbocycles. The molecular weight excluding hydrogens is 235 g/mol. The van der Waals surface area contributed by atoms with E-state index in [2.05, 4.69) is 0 Å². The first-order chi connectivity index (χ1) is 7.34. The Labute approximate surface area is 96.8 Å². The molecule has 1 unspecified atom stereocenters. The fourth-order valence-electron chi connectivity index (χ4n) is 1.18. The van der Waals surface area contributed by atoms with Gasteiger partial charge in [-0.15, -0.1) is 0 Å². The Morgan fingerprint density at radius 2 is 2.00 bits per heavy atom. The van der Waals surface area contributed by atoms with E-state index in [4.69, 9.17) is 16.7 Å². The number of benzene rings is 1. The van der Waals surface area contributed by atoms with Crippen molar-refractivity contribution < 1.29 is 19.1 Å². The first-order valence-electron chi connectivity index (χ1n) is 4.57. The fourth-order valence-corrected chi connectivity index (χ4v) is 1.49. The fraction of sp³-hybridized carbons (Fsp3) is 0.273. The number of ketones is 1. The molecule has 5 heteroatoms. The lowest BCUT2D eigenvalue weighted by Gasteiger charge is -2.08. The zero-order chi connectivity index (χ0) is 12.5. The van der Waals surface area contributed by atoms with E-state index in [1.807, 2.05) is 0 Å². The molecule has 1 atom stereocenters. The van der Waals surface area contributed by atoms with E-state index in [1.165, 1.54) is 19.9 Å². The highest BCUT2D eigenvalue weighted by molar-refractivity contribution is 6.34. The molecule has 0 spiro atoms. The third-order valence-corrected chi connectivity index (χ3v) is 2.59. The zero-order valence-electron chi connectivity index (χ0n) is 8.75. The minimum absolute atomic E-state index is 0.0667. The monoisotopic (exact) mass is 244 g/mol. The number of hydrogen-bond donors (Lipinski definition) is 1. The van der Waals surface area contributed by atoms with Crippen LogP contribution in [0.3, 0.4) is 0 Å². The Morgan fingerprint density at radius 3 is 2.50 bits per heavy atom. The van der Waals surface area contributed by atoms with Gasteiger partial charge in [0.25, 0.3) is 0 Å². The first kappa shape index (κ1) is 12.6. The number of carboxylic acid groups (broad SMARTS) is 1. The van der Waals surface area contributed by atoms with Gasteiger partial charge in [0, 0.05) is 5.56 Å². The van der Waals surface area contributed by atoms with Crippen molar-refractivity contribution >= 4 is 23.4 Å². The van der Waals surface area contributed by atoms with E-state index < -0.39 is 23.5 Å². The highest BCUT2D eigenvalue weighted by Crippen LogP contribution is 2.23. The minimum Gasteiger partial charge on any atom is -0.481 e. The van der Waals surface area contributed by atoms with Crippen LogP contribution in [-0.2, 0) is 4.79 Å². The summed E-state index contributed by atoms with van der Waals surface area (Å²) >= 11 is 5.76. The van der Waals surface area contributed by atoms with Gasteiger partial charge in [0.05, 0.1) is 5.02 Å². The molecule has 1 aromatic rings. The van der Waals surface area contributed by atoms with Crippen molar-refractivity contribution in [2.45, 2.75) is 13.8 Å². The molecule has 3 nitrogen and oxygen atoms in total. The third kappa shape index (κ3) is 2.39. The van der Waals surface area contributed by atoms with E-state index in [0.29, 0.717) is 5.56 Å². The van der Waals surface area contributed by atoms with Crippen LogP contribution in [0.25, 0.3) is 0 Å². The topological polar surface area (TPSA) is 54.4 Å². The molecule has 0 fully saturated rings. The van der Waals surface area contributed by atoms with Crippen molar-refractivity contribution in [1.29, 1.82) is 0 Å². The van der Waals surface area contributed by atoms with Crippen molar-refractivity contribution in [3.63, 3.8) is 0 Å². The van der Waals surface area contributed by atoms with Gasteiger partial charge in [-0.3, -0.25) is 9.59 Å². The molecule has 16 heavy (non-hydrogen) atoms. The van der Waals surface area contributed by atoms with Crippen LogP contribution in [-0.4, -0.2) is 16.9 Å². The first-order valence-corrected chi connectivity index (χ1v) is 4.95. The number of halogens is 2. The summed E-state index contributed by atoms with van der Waals surface area (Å²) < 4.78 is 13.2. The van der Waals surface area contributed by atoms with E-state index in [0.717, 1.165) is 6.07 Å². The van der Waals surface area contributed by atoms with Crippen LogP contribution < -0.4 is 0 Å². The lowest BCUT2D eigenvalue weighted by molar-refractivity contribution is -0.139. The van der Waals surface area contributed by atoms with Gasteiger partial charge in [-0.25, -0.2) is 4.39 Å². The van der Waals surface area contributed by atoms with Crippen molar-refractivity contribution in [2.24, 2.45) is 5.92 Å². The molecule has 0 aliphatic heterocycles. The summed E-state index contributed by atoms with van der Waals surface area (Å²) in [6.45, 7) is 2.74. The Bertz CT molecular complexity index is 457. The van der Waals surface area contributed by atoms with Crippen molar-refractivity contribution in [3.05, 3.63) is 34.1 Å². The molecule has 1 N–H and O–H groups in total. The highest BCUT2D eigenvalue weighted by Gasteiger charge is 2.24. The largest absolute Gasteiger partial charge is 0.481 e. The Kier molecular flexibility index (Phi) is 3.65. The summed E-state index contributed by atoms with van der Waals surface area (Å²) in [5.41, 5.74) is 0.212. The number of carboxylic acids is 1. The molecule has 86 valence electrons. The summed E-state index contributed by atoms with van der Waals surface area (Å²) in [5.74, 6) is -3.77. The number of aryl methyl sites for hydroxylation is 1. The average molecular weight is 245 g/mol. The standard InChI is InChI=1S/C11H10ClFO3/c1-5-3-8(12)7(4-9(5)13)10(14)6(2)11(15)16/h3-4,6H,1-2H3,(H,15,16). The molecule has 0 heterocycles. The number of Topliss-reactive ketones (excluding diaryl/α,β-unsaturated/α-hetero) is 1. The van der Waals surface area contributed by atoms with Gasteiger partial charge in [-0.1, -0.05) is 11.6 Å². The van der Waals surface area contributed by atoms with E-state index >= 15 is 0 Å². The van der Waals surface area contributed by atoms with E-state index in [-0.39, 0.29) is 10.6 Å². The second-order valence-electron chi connectivity index (χ2n) is 3.51. The molecule has 1 aromatic carbocycles. The molecule has 0 saturated carbocycles. The van der Waals surface area contributed by atoms with Gasteiger partial charge < -0.3 is 5.11 Å². The predicted octanol–water partition coefficient (Wildman–Crippen LogP) is 2.69. The molecule has 0 bridgehead atoms. The van der Waals surface area contributed by atoms with Crippen molar-refractivity contribution in [2.75, 3.05) is 0 Å². The van der Waals surface area contributed by atoms with Gasteiger partial charge in [-0.05, 0) is 31.5 Å². The maximum absolute atomic E-state index is 13.2. The van der Waals surface area contributed by atoms with Crippen LogP contribution in [0, 0.1) is 18.7 Å². The number of rotatable bonds is 3. The number of hydrogen-bond acceptors (Lipinski definition) is 2. The van der Waals surface area contributed by atoms with Crippen LogP contribution >= 0.6 is 11.6 Å². The molecule has 0 aliphatic rings. The highest BCUT2D eigenvalue weighted by atomic mass is 35.5. The summed E-state index contributed by atoms with van der Waals surface area (Å²) in [4.78, 5) is 22.3. The van der Waals surface area contributed by atoms with Gasteiger partial charge in [0.15, 0.2) is 5.78 Å². The average Bonchev–Trinajstić information content (AvgIpc) is 2.21. The smallest absolute Gasteiger partial charge is 0.314 e. The van der Waals surface area contributed by atoms with Gasteiger partial charge in [-0.2, -0.15) is 0 Å².